The summed E-state index contributed by atoms with van der Waals surface area (Å²) >= 11 is 0. The van der Waals surface area contributed by atoms with E-state index in [1.54, 1.807) is 0 Å². The van der Waals surface area contributed by atoms with Gasteiger partial charge in [0.05, 0.1) is 12.9 Å². The molecule has 0 spiro atoms. The third kappa shape index (κ3) is 3.05. The van der Waals surface area contributed by atoms with Gasteiger partial charge in [0.1, 0.15) is 30.2 Å². The van der Waals surface area contributed by atoms with Gasteiger partial charge in [0.15, 0.2) is 17.4 Å². The number of imidazole rings is 1. The highest BCUT2D eigenvalue weighted by Crippen LogP contribution is 2.38. The SMILES string of the molecule is N=c1ncn([C@@H]2O[C@H](COP(=O)(O)O)[C@@H](O)[C@H]2O)c2nc[nH]c12. The van der Waals surface area contributed by atoms with Gasteiger partial charge in [-0.2, -0.15) is 0 Å². The number of aromatic nitrogens is 4. The number of fused-ring (bicyclic) bond motifs is 1. The summed E-state index contributed by atoms with van der Waals surface area (Å²) in [7, 11) is -4.73. The summed E-state index contributed by atoms with van der Waals surface area (Å²) in [5.41, 5.74) is 0.536. The van der Waals surface area contributed by atoms with Crippen LogP contribution in [0.15, 0.2) is 12.7 Å². The smallest absolute Gasteiger partial charge is 0.387 e. The Kier molecular flexibility index (Phi) is 4.06. The maximum absolute atomic E-state index is 10.7. The van der Waals surface area contributed by atoms with Crippen LogP contribution in [0.4, 0.5) is 0 Å². The molecule has 4 atom stereocenters. The number of ether oxygens (including phenoxy) is 1. The first-order chi connectivity index (χ1) is 10.8. The van der Waals surface area contributed by atoms with Gasteiger partial charge in [-0.3, -0.25) is 14.5 Å². The Hall–Kier alpha value is -1.66. The van der Waals surface area contributed by atoms with Crippen LogP contribution in [0, 0.1) is 5.41 Å². The van der Waals surface area contributed by atoms with Crippen molar-refractivity contribution in [3.8, 4) is 0 Å². The summed E-state index contributed by atoms with van der Waals surface area (Å²) in [6, 6.07) is 0. The van der Waals surface area contributed by atoms with Crippen LogP contribution in [0.25, 0.3) is 11.2 Å². The minimum absolute atomic E-state index is 0.0526. The van der Waals surface area contributed by atoms with Crippen molar-refractivity contribution in [2.75, 3.05) is 6.61 Å². The van der Waals surface area contributed by atoms with Crippen LogP contribution in [0.2, 0.25) is 0 Å². The number of H-pyrrole nitrogens is 1. The lowest BCUT2D eigenvalue weighted by Crippen LogP contribution is -2.33. The third-order valence-corrected chi connectivity index (χ3v) is 3.92. The Bertz CT molecular complexity index is 815. The van der Waals surface area contributed by atoms with Crippen LogP contribution in [-0.4, -0.2) is 64.4 Å². The summed E-state index contributed by atoms with van der Waals surface area (Å²) < 4.78 is 21.8. The van der Waals surface area contributed by atoms with Crippen molar-refractivity contribution in [3.05, 3.63) is 18.1 Å². The highest BCUT2D eigenvalue weighted by atomic mass is 31.2. The molecule has 0 aliphatic carbocycles. The first-order valence-electron chi connectivity index (χ1n) is 6.44. The number of aliphatic hydroxyl groups excluding tert-OH is 2. The molecule has 0 saturated carbocycles. The van der Waals surface area contributed by atoms with E-state index >= 15 is 0 Å². The zero-order chi connectivity index (χ0) is 16.8. The van der Waals surface area contributed by atoms with Gasteiger partial charge in [0.25, 0.3) is 0 Å². The number of aliphatic hydroxyl groups is 2. The van der Waals surface area contributed by atoms with E-state index in [1.165, 1.54) is 17.2 Å². The third-order valence-electron chi connectivity index (χ3n) is 3.43. The van der Waals surface area contributed by atoms with Gasteiger partial charge < -0.3 is 29.7 Å². The van der Waals surface area contributed by atoms with Crippen LogP contribution >= 0.6 is 7.82 Å². The standard InChI is InChI=1S/C10H14N5O7P/c11-8-5-9(13-2-12-5)15(3-14-8)10-7(17)6(16)4(22-10)1-21-23(18,19)20/h2-4,6-7,10-11,16-17H,1H2,(H,12,13)(H2,18,19,20)/t4-,6-,7-,10-/m1/s1. The normalized spacial score (nSPS) is 28.5. The van der Waals surface area contributed by atoms with Crippen molar-refractivity contribution >= 4 is 19.0 Å². The fraction of sp³-hybridized carbons (Fsp3) is 0.500. The summed E-state index contributed by atoms with van der Waals surface area (Å²) in [5, 5.41) is 27.7. The fourth-order valence-corrected chi connectivity index (χ4v) is 2.69. The van der Waals surface area contributed by atoms with Crippen molar-refractivity contribution in [1.29, 1.82) is 5.41 Å². The van der Waals surface area contributed by atoms with Gasteiger partial charge in [0.2, 0.25) is 0 Å². The van der Waals surface area contributed by atoms with Crippen molar-refractivity contribution in [2.24, 2.45) is 0 Å². The highest BCUT2D eigenvalue weighted by Gasteiger charge is 2.45. The number of rotatable bonds is 4. The first kappa shape index (κ1) is 16.2. The van der Waals surface area contributed by atoms with Gasteiger partial charge in [-0.1, -0.05) is 0 Å². The number of nitrogens with one attached hydrogen (secondary N) is 2. The Morgan fingerprint density at radius 1 is 1.39 bits per heavy atom. The van der Waals surface area contributed by atoms with Crippen LogP contribution in [0.3, 0.4) is 0 Å². The molecule has 2 aromatic heterocycles. The molecule has 12 nitrogen and oxygen atoms in total. The molecule has 126 valence electrons. The summed E-state index contributed by atoms with van der Waals surface area (Å²) in [5.74, 6) is 0. The Morgan fingerprint density at radius 3 is 2.83 bits per heavy atom. The molecule has 23 heavy (non-hydrogen) atoms. The second-order valence-corrected chi connectivity index (χ2v) is 6.17. The van der Waals surface area contributed by atoms with Crippen LogP contribution in [-0.2, 0) is 13.8 Å². The highest BCUT2D eigenvalue weighted by molar-refractivity contribution is 7.46. The van der Waals surface area contributed by atoms with Crippen LogP contribution in [0.5, 0.6) is 0 Å². The molecular weight excluding hydrogens is 333 g/mol. The lowest BCUT2D eigenvalue weighted by atomic mass is 10.1. The van der Waals surface area contributed by atoms with E-state index in [2.05, 4.69) is 19.5 Å². The Balaban J connectivity index is 1.88. The molecule has 1 aliphatic rings. The quantitative estimate of drug-likeness (QED) is 0.339. The lowest BCUT2D eigenvalue weighted by Gasteiger charge is -2.18. The number of phosphoric ester groups is 1. The van der Waals surface area contributed by atoms with Crippen molar-refractivity contribution in [3.63, 3.8) is 0 Å². The van der Waals surface area contributed by atoms with Crippen LogP contribution in [0.1, 0.15) is 6.23 Å². The first-order valence-corrected chi connectivity index (χ1v) is 7.97. The number of nitrogens with zero attached hydrogens (tertiary/aromatic N) is 3. The minimum atomic E-state index is -4.73. The molecule has 1 saturated heterocycles. The molecule has 13 heteroatoms. The van der Waals surface area contributed by atoms with E-state index in [0.717, 1.165) is 0 Å². The molecule has 0 unspecified atom stereocenters. The van der Waals surface area contributed by atoms with E-state index in [9.17, 15) is 14.8 Å². The van der Waals surface area contributed by atoms with E-state index in [1.807, 2.05) is 0 Å². The van der Waals surface area contributed by atoms with E-state index in [-0.39, 0.29) is 11.1 Å². The van der Waals surface area contributed by atoms with Crippen molar-refractivity contribution in [2.45, 2.75) is 24.5 Å². The summed E-state index contributed by atoms with van der Waals surface area (Å²) in [6.07, 6.45) is -2.52. The van der Waals surface area contributed by atoms with Crippen molar-refractivity contribution < 1.29 is 33.8 Å². The van der Waals surface area contributed by atoms with Crippen molar-refractivity contribution in [1.82, 2.24) is 19.5 Å². The number of aromatic amines is 1. The zero-order valence-electron chi connectivity index (χ0n) is 11.5. The summed E-state index contributed by atoms with van der Waals surface area (Å²) in [6.45, 7) is -0.604. The second-order valence-electron chi connectivity index (χ2n) is 4.93. The molecule has 1 aliphatic heterocycles. The molecule has 1 fully saturated rings. The molecular formula is C10H14N5O7P. The molecule has 0 aromatic carbocycles. The van der Waals surface area contributed by atoms with Crippen LogP contribution < -0.4 is 5.49 Å². The van der Waals surface area contributed by atoms with Gasteiger partial charge >= 0.3 is 7.82 Å². The van der Waals surface area contributed by atoms with Gasteiger partial charge in [-0.15, -0.1) is 0 Å². The largest absolute Gasteiger partial charge is 0.469 e. The molecule has 0 bridgehead atoms. The lowest BCUT2D eigenvalue weighted by molar-refractivity contribution is -0.0508. The number of phosphoric acid groups is 1. The number of hydrogen-bond acceptors (Lipinski definition) is 8. The molecule has 6 N–H and O–H groups in total. The monoisotopic (exact) mass is 347 g/mol. The van der Waals surface area contributed by atoms with E-state index in [0.29, 0.717) is 5.52 Å². The van der Waals surface area contributed by atoms with E-state index in [4.69, 9.17) is 19.9 Å². The predicted octanol–water partition coefficient (Wildman–Crippen LogP) is -2.03. The van der Waals surface area contributed by atoms with Gasteiger partial charge in [0, 0.05) is 0 Å². The molecule has 0 radical (unpaired) electrons. The van der Waals surface area contributed by atoms with E-state index < -0.39 is 39.0 Å². The topological polar surface area (TPSA) is 187 Å². The Labute approximate surface area is 128 Å². The fourth-order valence-electron chi connectivity index (χ4n) is 2.35. The van der Waals surface area contributed by atoms with Gasteiger partial charge in [-0.05, 0) is 0 Å². The maximum Gasteiger partial charge on any atom is 0.469 e. The average Bonchev–Trinajstić information content (AvgIpc) is 3.06. The molecule has 2 aromatic rings. The number of hydrogen-bond donors (Lipinski definition) is 6. The second kappa shape index (κ2) is 5.76. The molecule has 3 heterocycles. The predicted molar refractivity (Wildman–Crippen MR) is 71.7 cm³/mol. The average molecular weight is 347 g/mol. The zero-order valence-corrected chi connectivity index (χ0v) is 12.4. The Morgan fingerprint density at radius 2 is 2.13 bits per heavy atom. The minimum Gasteiger partial charge on any atom is -0.387 e. The maximum atomic E-state index is 10.7. The molecule has 0 amide bonds. The van der Waals surface area contributed by atoms with Gasteiger partial charge in [-0.25, -0.2) is 14.5 Å². The summed E-state index contributed by atoms with van der Waals surface area (Å²) in [4.78, 5) is 28.0. The molecule has 3 rings (SSSR count).